The Balaban J connectivity index is 1.83. The molecular formula is C20H24N2O6. The first-order valence-corrected chi connectivity index (χ1v) is 9.16. The summed E-state index contributed by atoms with van der Waals surface area (Å²) < 4.78 is 12.4. The number of carbonyl (C=O) groups excluding carboxylic acids is 1. The van der Waals surface area contributed by atoms with Crippen LogP contribution >= 0.6 is 0 Å². The van der Waals surface area contributed by atoms with E-state index in [1.54, 1.807) is 6.92 Å². The highest BCUT2D eigenvalue weighted by molar-refractivity contribution is 5.65. The number of rotatable bonds is 6. The Labute approximate surface area is 161 Å². The molecule has 2 aromatic rings. The van der Waals surface area contributed by atoms with Gasteiger partial charge >= 0.3 is 11.7 Å². The molecule has 4 atom stereocenters. The summed E-state index contributed by atoms with van der Waals surface area (Å²) in [7, 11) is 0. The van der Waals surface area contributed by atoms with Crippen LogP contribution in [0.25, 0.3) is 0 Å². The Hall–Kier alpha value is -2.71. The standard InChI is InChI=1S/C20H24N2O6/c1-12-9-22(20(26)21-19(12)25)16-8-15(11-27-13(2)23)18(17(16)24)28-10-14-6-4-3-5-7-14/h3-7,9,15-18,24H,8,10-11H2,1-2H3,(H,21,25,26)/t15-,16-,17+,18+/m1/s1. The maximum atomic E-state index is 12.3. The summed E-state index contributed by atoms with van der Waals surface area (Å²) in [6.45, 7) is 3.28. The van der Waals surface area contributed by atoms with Gasteiger partial charge in [0.1, 0.15) is 6.10 Å². The van der Waals surface area contributed by atoms with Crippen molar-refractivity contribution in [2.75, 3.05) is 6.61 Å². The number of esters is 1. The Morgan fingerprint density at radius 2 is 2.00 bits per heavy atom. The van der Waals surface area contributed by atoms with Gasteiger partial charge in [-0.15, -0.1) is 0 Å². The first-order valence-electron chi connectivity index (χ1n) is 9.16. The Bertz CT molecular complexity index is 936. The number of hydrogen-bond donors (Lipinski definition) is 2. The molecule has 1 heterocycles. The minimum atomic E-state index is -0.993. The first kappa shape index (κ1) is 20.0. The third-order valence-corrected chi connectivity index (χ3v) is 5.03. The van der Waals surface area contributed by atoms with Crippen molar-refractivity contribution in [1.29, 1.82) is 0 Å². The van der Waals surface area contributed by atoms with Crippen LogP contribution in [0.15, 0.2) is 46.1 Å². The van der Waals surface area contributed by atoms with Crippen LogP contribution in [0.2, 0.25) is 0 Å². The van der Waals surface area contributed by atoms with Crippen molar-refractivity contribution in [3.8, 4) is 0 Å². The average molecular weight is 388 g/mol. The number of aliphatic hydroxyl groups is 1. The summed E-state index contributed by atoms with van der Waals surface area (Å²) in [5, 5.41) is 10.9. The number of ether oxygens (including phenoxy) is 2. The SMILES string of the molecule is CC(=O)OC[C@H]1C[C@@H](n2cc(C)c(=O)[nH]c2=O)[C@H](O)[C@H]1OCc1ccccc1. The number of aliphatic hydroxyl groups excluding tert-OH is 1. The lowest BCUT2D eigenvalue weighted by Gasteiger charge is -2.23. The molecule has 8 nitrogen and oxygen atoms in total. The van der Waals surface area contributed by atoms with Gasteiger partial charge in [-0.05, 0) is 18.9 Å². The van der Waals surface area contributed by atoms with Crippen molar-refractivity contribution in [3.63, 3.8) is 0 Å². The topological polar surface area (TPSA) is 111 Å². The zero-order valence-corrected chi connectivity index (χ0v) is 15.8. The van der Waals surface area contributed by atoms with Crippen LogP contribution in [0, 0.1) is 12.8 Å². The average Bonchev–Trinajstić information content (AvgIpc) is 2.97. The third-order valence-electron chi connectivity index (χ3n) is 5.03. The Kier molecular flexibility index (Phi) is 6.11. The minimum absolute atomic E-state index is 0.0828. The van der Waals surface area contributed by atoms with Crippen LogP contribution in [-0.2, 0) is 20.9 Å². The van der Waals surface area contributed by atoms with E-state index in [9.17, 15) is 19.5 Å². The number of aryl methyl sites for hydroxylation is 1. The van der Waals surface area contributed by atoms with Gasteiger partial charge in [-0.25, -0.2) is 4.79 Å². The number of nitrogens with zero attached hydrogens (tertiary/aromatic N) is 1. The molecule has 28 heavy (non-hydrogen) atoms. The minimum Gasteiger partial charge on any atom is -0.465 e. The molecule has 0 radical (unpaired) electrons. The van der Waals surface area contributed by atoms with Crippen LogP contribution in [-0.4, -0.2) is 39.4 Å². The first-order chi connectivity index (χ1) is 13.4. The fraction of sp³-hybridized carbons (Fsp3) is 0.450. The molecule has 0 unspecified atom stereocenters. The number of hydrogen-bond acceptors (Lipinski definition) is 6. The van der Waals surface area contributed by atoms with E-state index in [4.69, 9.17) is 9.47 Å². The summed E-state index contributed by atoms with van der Waals surface area (Å²) in [6, 6.07) is 8.92. The predicted molar refractivity (Wildman–Crippen MR) is 101 cm³/mol. The summed E-state index contributed by atoms with van der Waals surface area (Å²) >= 11 is 0. The van der Waals surface area contributed by atoms with Crippen molar-refractivity contribution in [2.24, 2.45) is 5.92 Å². The highest BCUT2D eigenvalue weighted by Gasteiger charge is 2.45. The zero-order chi connectivity index (χ0) is 20.3. The molecule has 2 N–H and O–H groups in total. The monoisotopic (exact) mass is 388 g/mol. The van der Waals surface area contributed by atoms with E-state index >= 15 is 0 Å². The molecule has 0 bridgehead atoms. The number of benzene rings is 1. The highest BCUT2D eigenvalue weighted by Crippen LogP contribution is 2.37. The molecule has 0 amide bonds. The summed E-state index contributed by atoms with van der Waals surface area (Å²) in [5.74, 6) is -0.705. The lowest BCUT2D eigenvalue weighted by molar-refractivity contribution is -0.144. The smallest absolute Gasteiger partial charge is 0.328 e. The van der Waals surface area contributed by atoms with Crippen LogP contribution in [0.3, 0.4) is 0 Å². The van der Waals surface area contributed by atoms with E-state index in [0.717, 1.165) is 5.56 Å². The van der Waals surface area contributed by atoms with Crippen molar-refractivity contribution < 1.29 is 19.4 Å². The van der Waals surface area contributed by atoms with E-state index < -0.39 is 35.5 Å². The lowest BCUT2D eigenvalue weighted by atomic mass is 10.1. The predicted octanol–water partition coefficient (Wildman–Crippen LogP) is 0.915. The maximum absolute atomic E-state index is 12.3. The molecule has 0 spiro atoms. The van der Waals surface area contributed by atoms with Gasteiger partial charge in [0.2, 0.25) is 0 Å². The number of aromatic nitrogens is 2. The lowest BCUT2D eigenvalue weighted by Crippen LogP contribution is -2.39. The van der Waals surface area contributed by atoms with Gasteiger partial charge in [0.05, 0.1) is 25.4 Å². The quantitative estimate of drug-likeness (QED) is 0.712. The molecule has 1 saturated carbocycles. The molecule has 3 rings (SSSR count). The molecule has 150 valence electrons. The van der Waals surface area contributed by atoms with E-state index in [1.165, 1.54) is 17.7 Å². The third kappa shape index (κ3) is 4.40. The number of aromatic amines is 1. The van der Waals surface area contributed by atoms with Crippen molar-refractivity contribution in [1.82, 2.24) is 9.55 Å². The molecular weight excluding hydrogens is 364 g/mol. The number of H-pyrrole nitrogens is 1. The normalized spacial score (nSPS) is 24.2. The molecule has 0 saturated heterocycles. The van der Waals surface area contributed by atoms with Crippen molar-refractivity contribution >= 4 is 5.97 Å². The molecule has 1 aliphatic carbocycles. The Morgan fingerprint density at radius 3 is 2.68 bits per heavy atom. The fourth-order valence-corrected chi connectivity index (χ4v) is 3.58. The van der Waals surface area contributed by atoms with Gasteiger partial charge < -0.3 is 14.6 Å². The molecule has 8 heteroatoms. The van der Waals surface area contributed by atoms with Gasteiger partial charge in [-0.1, -0.05) is 30.3 Å². The van der Waals surface area contributed by atoms with Gasteiger partial charge in [0.25, 0.3) is 5.56 Å². The van der Waals surface area contributed by atoms with E-state index in [1.807, 2.05) is 30.3 Å². The second-order valence-corrected chi connectivity index (χ2v) is 7.10. The summed E-state index contributed by atoms with van der Waals surface area (Å²) in [6.07, 6.45) is 0.201. The molecule has 1 aromatic heterocycles. The van der Waals surface area contributed by atoms with Gasteiger partial charge in [-0.3, -0.25) is 19.1 Å². The second-order valence-electron chi connectivity index (χ2n) is 7.10. The largest absolute Gasteiger partial charge is 0.465 e. The summed E-state index contributed by atoms with van der Waals surface area (Å²) in [5.41, 5.74) is 0.273. The Morgan fingerprint density at radius 1 is 1.29 bits per heavy atom. The molecule has 1 aliphatic rings. The summed E-state index contributed by atoms with van der Waals surface area (Å²) in [4.78, 5) is 37.4. The number of nitrogens with one attached hydrogen (secondary N) is 1. The molecule has 1 fully saturated rings. The maximum Gasteiger partial charge on any atom is 0.328 e. The second kappa shape index (κ2) is 8.53. The molecule has 0 aliphatic heterocycles. The van der Waals surface area contributed by atoms with E-state index in [0.29, 0.717) is 12.0 Å². The van der Waals surface area contributed by atoms with Gasteiger partial charge in [-0.2, -0.15) is 0 Å². The van der Waals surface area contributed by atoms with E-state index in [-0.39, 0.29) is 19.1 Å². The van der Waals surface area contributed by atoms with Crippen molar-refractivity contribution in [2.45, 2.75) is 45.1 Å². The zero-order valence-electron chi connectivity index (χ0n) is 15.8. The van der Waals surface area contributed by atoms with Crippen LogP contribution in [0.4, 0.5) is 0 Å². The van der Waals surface area contributed by atoms with Crippen molar-refractivity contribution in [3.05, 3.63) is 68.5 Å². The van der Waals surface area contributed by atoms with Crippen LogP contribution < -0.4 is 11.2 Å². The fourth-order valence-electron chi connectivity index (χ4n) is 3.58. The number of carbonyl (C=O) groups is 1. The van der Waals surface area contributed by atoms with Crippen LogP contribution in [0.1, 0.15) is 30.5 Å². The highest BCUT2D eigenvalue weighted by atomic mass is 16.5. The van der Waals surface area contributed by atoms with E-state index in [2.05, 4.69) is 4.98 Å². The van der Waals surface area contributed by atoms with Gasteiger partial charge in [0.15, 0.2) is 0 Å². The van der Waals surface area contributed by atoms with Crippen LogP contribution in [0.5, 0.6) is 0 Å². The van der Waals surface area contributed by atoms with Gasteiger partial charge in [0, 0.05) is 24.6 Å². The molecule has 1 aromatic carbocycles.